The van der Waals surface area contributed by atoms with Crippen molar-refractivity contribution in [2.75, 3.05) is 0 Å². The fraction of sp³-hybridized carbons (Fsp3) is 0.625. The molecule has 0 aliphatic rings. The normalized spacial score (nSPS) is 12.4. The zero-order valence-corrected chi connectivity index (χ0v) is 23.3. The largest absolute Gasteiger partial charge is 0.507 e. The van der Waals surface area contributed by atoms with Crippen molar-refractivity contribution in [2.24, 2.45) is 0 Å². The highest BCUT2D eigenvalue weighted by Crippen LogP contribution is 2.47. The minimum Gasteiger partial charge on any atom is -0.507 e. The van der Waals surface area contributed by atoms with E-state index in [0.29, 0.717) is 11.5 Å². The molecule has 0 bridgehead atoms. The zero-order chi connectivity index (χ0) is 25.5. The summed E-state index contributed by atoms with van der Waals surface area (Å²) in [4.78, 5) is 0. The first-order valence-electron chi connectivity index (χ1n) is 13.7. The molecule has 0 unspecified atom stereocenters. The number of aromatic hydroxyl groups is 2. The van der Waals surface area contributed by atoms with Gasteiger partial charge >= 0.3 is 0 Å². The lowest BCUT2D eigenvalue weighted by molar-refractivity contribution is 0.404. The molecular formula is C32H50O2. The number of benzene rings is 2. The standard InChI is InChI=1S/C32H50O2/c1-9-13-15-17-31(5,6)27-21-23(11-3)19-25(29(27)33)26-20-24(12-4)22-28(30(26)34)32(7,8)18-16-14-10-2/h19-22,33-34H,9-18H2,1-8H3. The number of hydrogen-bond donors (Lipinski definition) is 2. The van der Waals surface area contributed by atoms with Gasteiger partial charge in [-0.05, 0) is 59.8 Å². The van der Waals surface area contributed by atoms with E-state index >= 15 is 0 Å². The first kappa shape index (κ1) is 28.3. The molecule has 0 aliphatic carbocycles. The Morgan fingerprint density at radius 1 is 0.559 bits per heavy atom. The van der Waals surface area contributed by atoms with Gasteiger partial charge in [-0.25, -0.2) is 0 Å². The average molecular weight is 467 g/mol. The highest BCUT2D eigenvalue weighted by Gasteiger charge is 2.30. The molecule has 2 heteroatoms. The van der Waals surface area contributed by atoms with Crippen molar-refractivity contribution in [1.29, 1.82) is 0 Å². The number of phenols is 2. The predicted molar refractivity (Wildman–Crippen MR) is 148 cm³/mol. The molecule has 190 valence electrons. The van der Waals surface area contributed by atoms with Crippen LogP contribution in [0, 0.1) is 0 Å². The third-order valence-electron chi connectivity index (χ3n) is 7.71. The second kappa shape index (κ2) is 12.1. The van der Waals surface area contributed by atoms with Crippen molar-refractivity contribution >= 4 is 0 Å². The van der Waals surface area contributed by atoms with Crippen molar-refractivity contribution in [2.45, 2.75) is 130 Å². The second-order valence-corrected chi connectivity index (χ2v) is 11.5. The summed E-state index contributed by atoms with van der Waals surface area (Å²) in [6.45, 7) is 17.7. The van der Waals surface area contributed by atoms with Crippen LogP contribution in [0.4, 0.5) is 0 Å². The molecule has 0 fully saturated rings. The Morgan fingerprint density at radius 3 is 1.21 bits per heavy atom. The smallest absolute Gasteiger partial charge is 0.127 e. The van der Waals surface area contributed by atoms with Crippen LogP contribution in [0.1, 0.15) is 129 Å². The van der Waals surface area contributed by atoms with Crippen molar-refractivity contribution in [3.05, 3.63) is 46.5 Å². The number of unbranched alkanes of at least 4 members (excludes halogenated alkanes) is 4. The molecule has 0 saturated heterocycles. The van der Waals surface area contributed by atoms with Crippen LogP contribution in [0.2, 0.25) is 0 Å². The lowest BCUT2D eigenvalue weighted by Gasteiger charge is -2.30. The Morgan fingerprint density at radius 2 is 0.912 bits per heavy atom. The number of hydrogen-bond acceptors (Lipinski definition) is 2. The highest BCUT2D eigenvalue weighted by molar-refractivity contribution is 5.80. The van der Waals surface area contributed by atoms with Crippen LogP contribution in [-0.2, 0) is 23.7 Å². The first-order chi connectivity index (χ1) is 16.0. The second-order valence-electron chi connectivity index (χ2n) is 11.5. The van der Waals surface area contributed by atoms with Crippen LogP contribution in [-0.4, -0.2) is 10.2 Å². The SMILES string of the molecule is CCCCCC(C)(C)c1cc(CC)cc(-c2cc(CC)cc(C(C)(C)CCCCC)c2O)c1O. The van der Waals surface area contributed by atoms with Crippen molar-refractivity contribution < 1.29 is 10.2 Å². The van der Waals surface area contributed by atoms with E-state index in [4.69, 9.17) is 0 Å². The lowest BCUT2D eigenvalue weighted by Crippen LogP contribution is -2.19. The Labute approximate surface area is 209 Å². The van der Waals surface area contributed by atoms with Gasteiger partial charge in [-0.2, -0.15) is 0 Å². The molecule has 0 atom stereocenters. The van der Waals surface area contributed by atoms with E-state index in [1.165, 1.54) is 36.8 Å². The van der Waals surface area contributed by atoms with Gasteiger partial charge in [0.15, 0.2) is 0 Å². The molecule has 0 spiro atoms. The predicted octanol–water partition coefficient (Wildman–Crippen LogP) is 9.61. The van der Waals surface area contributed by atoms with Crippen molar-refractivity contribution in [3.8, 4) is 22.6 Å². The quantitative estimate of drug-likeness (QED) is 0.288. The molecule has 0 radical (unpaired) electrons. The van der Waals surface area contributed by atoms with Gasteiger partial charge < -0.3 is 10.2 Å². The summed E-state index contributed by atoms with van der Waals surface area (Å²) in [5.74, 6) is 0.661. The molecule has 2 aromatic carbocycles. The van der Waals surface area contributed by atoms with Crippen molar-refractivity contribution in [1.82, 2.24) is 0 Å². The summed E-state index contributed by atoms with van der Waals surface area (Å²) in [6.07, 6.45) is 11.0. The van der Waals surface area contributed by atoms with E-state index in [1.54, 1.807) is 0 Å². The molecule has 2 rings (SSSR count). The van der Waals surface area contributed by atoms with Gasteiger partial charge in [-0.3, -0.25) is 0 Å². The van der Waals surface area contributed by atoms with Gasteiger partial charge in [-0.1, -0.05) is 106 Å². The monoisotopic (exact) mass is 466 g/mol. The molecule has 0 heterocycles. The summed E-state index contributed by atoms with van der Waals surface area (Å²) in [6, 6.07) is 8.54. The number of phenolic OH excluding ortho intramolecular Hbond substituents is 2. The van der Waals surface area contributed by atoms with Crippen LogP contribution in [0.25, 0.3) is 11.1 Å². The summed E-state index contributed by atoms with van der Waals surface area (Å²) >= 11 is 0. The molecule has 0 aromatic heterocycles. The summed E-state index contributed by atoms with van der Waals surface area (Å²) in [5.41, 5.74) is 5.71. The van der Waals surface area contributed by atoms with E-state index < -0.39 is 0 Å². The van der Waals surface area contributed by atoms with Gasteiger partial charge in [0.05, 0.1) is 0 Å². The number of rotatable bonds is 13. The van der Waals surface area contributed by atoms with Crippen LogP contribution in [0.3, 0.4) is 0 Å². The van der Waals surface area contributed by atoms with E-state index in [2.05, 4.69) is 79.7 Å². The fourth-order valence-electron chi connectivity index (χ4n) is 5.14. The first-order valence-corrected chi connectivity index (χ1v) is 13.7. The van der Waals surface area contributed by atoms with Crippen LogP contribution in [0.5, 0.6) is 11.5 Å². The minimum absolute atomic E-state index is 0.126. The molecule has 2 N–H and O–H groups in total. The zero-order valence-electron chi connectivity index (χ0n) is 23.3. The summed E-state index contributed by atoms with van der Waals surface area (Å²) < 4.78 is 0. The minimum atomic E-state index is -0.126. The maximum Gasteiger partial charge on any atom is 0.127 e. The molecule has 0 amide bonds. The van der Waals surface area contributed by atoms with E-state index in [9.17, 15) is 10.2 Å². The average Bonchev–Trinajstić information content (AvgIpc) is 2.79. The maximum absolute atomic E-state index is 11.6. The number of aryl methyl sites for hydroxylation is 2. The molecular weight excluding hydrogens is 416 g/mol. The molecule has 2 nitrogen and oxygen atoms in total. The molecule has 2 aromatic rings. The van der Waals surface area contributed by atoms with Gasteiger partial charge in [0, 0.05) is 22.3 Å². The Kier molecular flexibility index (Phi) is 10.1. The van der Waals surface area contributed by atoms with Crippen LogP contribution >= 0.6 is 0 Å². The van der Waals surface area contributed by atoms with Crippen LogP contribution in [0.15, 0.2) is 24.3 Å². The van der Waals surface area contributed by atoms with Crippen LogP contribution < -0.4 is 0 Å². The third-order valence-corrected chi connectivity index (χ3v) is 7.71. The molecule has 0 saturated carbocycles. The van der Waals surface area contributed by atoms with Gasteiger partial charge in [0.1, 0.15) is 11.5 Å². The summed E-state index contributed by atoms with van der Waals surface area (Å²) in [5, 5.41) is 23.2. The van der Waals surface area contributed by atoms with E-state index in [0.717, 1.165) is 60.8 Å². The van der Waals surface area contributed by atoms with Gasteiger partial charge in [0.25, 0.3) is 0 Å². The van der Waals surface area contributed by atoms with Gasteiger partial charge in [0.2, 0.25) is 0 Å². The Balaban J connectivity index is 2.68. The fourth-order valence-corrected chi connectivity index (χ4v) is 5.14. The lowest BCUT2D eigenvalue weighted by atomic mass is 9.75. The van der Waals surface area contributed by atoms with E-state index in [-0.39, 0.29) is 10.8 Å². The van der Waals surface area contributed by atoms with Gasteiger partial charge in [-0.15, -0.1) is 0 Å². The third kappa shape index (κ3) is 6.58. The summed E-state index contributed by atoms with van der Waals surface area (Å²) in [7, 11) is 0. The molecule has 0 aliphatic heterocycles. The maximum atomic E-state index is 11.6. The Hall–Kier alpha value is -1.96. The van der Waals surface area contributed by atoms with E-state index in [1.807, 2.05) is 0 Å². The van der Waals surface area contributed by atoms with Crippen molar-refractivity contribution in [3.63, 3.8) is 0 Å². The Bertz CT molecular complexity index is 859. The highest BCUT2D eigenvalue weighted by atomic mass is 16.3. The molecule has 34 heavy (non-hydrogen) atoms. The topological polar surface area (TPSA) is 40.5 Å².